The van der Waals surface area contributed by atoms with Gasteiger partial charge in [0.25, 0.3) is 0 Å². The molecule has 0 atom stereocenters. The lowest BCUT2D eigenvalue weighted by atomic mass is 9.99. The van der Waals surface area contributed by atoms with Gasteiger partial charge in [-0.25, -0.2) is 0 Å². The van der Waals surface area contributed by atoms with Crippen molar-refractivity contribution in [3.8, 4) is 0 Å². The molecule has 2 N–H and O–H groups in total. The van der Waals surface area contributed by atoms with Gasteiger partial charge in [-0.15, -0.1) is 0 Å². The Morgan fingerprint density at radius 2 is 1.77 bits per heavy atom. The summed E-state index contributed by atoms with van der Waals surface area (Å²) in [5.74, 6) is -0.225. The van der Waals surface area contributed by atoms with Gasteiger partial charge < -0.3 is 10.5 Å². The normalized spacial score (nSPS) is 11.5. The second-order valence-corrected chi connectivity index (χ2v) is 5.26. The number of unbranched alkanes of at least 4 members (excludes halogenated alkanes) is 4. The number of methoxy groups -OCH3 is 1. The Bertz CT molecular complexity index is 487. The van der Waals surface area contributed by atoms with E-state index in [0.717, 1.165) is 31.7 Å². The third kappa shape index (κ3) is 6.37. The van der Waals surface area contributed by atoms with Crippen molar-refractivity contribution in [2.75, 3.05) is 12.8 Å². The van der Waals surface area contributed by atoms with Crippen molar-refractivity contribution in [1.82, 2.24) is 0 Å². The number of carbonyl (C=O) groups is 1. The minimum absolute atomic E-state index is 0.124. The summed E-state index contributed by atoms with van der Waals surface area (Å²) in [6.45, 7) is 0. The fourth-order valence-corrected chi connectivity index (χ4v) is 2.29. The molecule has 1 aromatic rings. The first-order valence-corrected chi connectivity index (χ1v) is 7.37. The van der Waals surface area contributed by atoms with E-state index in [9.17, 15) is 18.0 Å². The third-order valence-electron chi connectivity index (χ3n) is 3.49. The van der Waals surface area contributed by atoms with Crippen molar-refractivity contribution in [3.05, 3.63) is 29.3 Å². The Hall–Kier alpha value is -1.72. The van der Waals surface area contributed by atoms with E-state index < -0.39 is 11.7 Å². The smallest absolute Gasteiger partial charge is 0.416 e. The Morgan fingerprint density at radius 1 is 1.14 bits per heavy atom. The number of hydrogen-bond acceptors (Lipinski definition) is 3. The topological polar surface area (TPSA) is 52.3 Å². The van der Waals surface area contributed by atoms with Crippen molar-refractivity contribution in [3.63, 3.8) is 0 Å². The largest absolute Gasteiger partial charge is 0.469 e. The van der Waals surface area contributed by atoms with E-state index in [-0.39, 0.29) is 17.2 Å². The summed E-state index contributed by atoms with van der Waals surface area (Å²) in [6, 6.07) is 3.95. The fourth-order valence-electron chi connectivity index (χ4n) is 2.29. The molecule has 6 heteroatoms. The summed E-state index contributed by atoms with van der Waals surface area (Å²) in [6.07, 6.45) is 0.455. The van der Waals surface area contributed by atoms with Gasteiger partial charge >= 0.3 is 12.1 Å². The van der Waals surface area contributed by atoms with Gasteiger partial charge in [0.2, 0.25) is 0 Å². The molecule has 1 aromatic carbocycles. The predicted molar refractivity (Wildman–Crippen MR) is 79.3 cm³/mol. The summed E-state index contributed by atoms with van der Waals surface area (Å²) >= 11 is 0. The molecular weight excluding hydrogens is 295 g/mol. The van der Waals surface area contributed by atoms with Crippen LogP contribution < -0.4 is 5.73 Å². The van der Waals surface area contributed by atoms with E-state index in [1.54, 1.807) is 0 Å². The van der Waals surface area contributed by atoms with Crippen LogP contribution in [0.5, 0.6) is 0 Å². The molecule has 3 nitrogen and oxygen atoms in total. The van der Waals surface area contributed by atoms with Crippen molar-refractivity contribution >= 4 is 11.7 Å². The molecule has 0 amide bonds. The van der Waals surface area contributed by atoms with Gasteiger partial charge in [0.15, 0.2) is 0 Å². The van der Waals surface area contributed by atoms with Crippen LogP contribution in [-0.2, 0) is 22.1 Å². The summed E-state index contributed by atoms with van der Waals surface area (Å²) in [5, 5.41) is 0. The highest BCUT2D eigenvalue weighted by atomic mass is 19.4. The van der Waals surface area contributed by atoms with Crippen LogP contribution in [0.3, 0.4) is 0 Å². The average molecular weight is 317 g/mol. The molecule has 0 heterocycles. The van der Waals surface area contributed by atoms with Crippen LogP contribution in [0.15, 0.2) is 18.2 Å². The van der Waals surface area contributed by atoms with Crippen molar-refractivity contribution in [2.24, 2.45) is 0 Å². The standard InChI is InChI=1S/C16H22F3NO2/c1-22-15(21)8-6-4-2-3-5-7-12-9-10-13(20)11-14(12)16(17,18)19/h9-11H,2-8,20H2,1H3. The number of esters is 1. The minimum atomic E-state index is -4.37. The lowest BCUT2D eigenvalue weighted by Gasteiger charge is -2.13. The van der Waals surface area contributed by atoms with Crippen molar-refractivity contribution < 1.29 is 22.7 Å². The molecule has 0 bridgehead atoms. The third-order valence-corrected chi connectivity index (χ3v) is 3.49. The number of aryl methyl sites for hydroxylation is 1. The molecule has 0 spiro atoms. The molecule has 0 aliphatic heterocycles. The first kappa shape index (κ1) is 18.3. The van der Waals surface area contributed by atoms with Crippen LogP contribution >= 0.6 is 0 Å². The summed E-state index contributed by atoms with van der Waals surface area (Å²) in [5.41, 5.74) is 5.20. The SMILES string of the molecule is COC(=O)CCCCCCCc1ccc(N)cc1C(F)(F)F. The van der Waals surface area contributed by atoms with Crippen LogP contribution in [0.2, 0.25) is 0 Å². The lowest BCUT2D eigenvalue weighted by Crippen LogP contribution is -2.10. The quantitative estimate of drug-likeness (QED) is 0.441. The minimum Gasteiger partial charge on any atom is -0.469 e. The van der Waals surface area contributed by atoms with E-state index >= 15 is 0 Å². The van der Waals surface area contributed by atoms with E-state index in [0.29, 0.717) is 19.3 Å². The molecule has 0 fully saturated rings. The van der Waals surface area contributed by atoms with Gasteiger partial charge in [-0.1, -0.05) is 25.3 Å². The van der Waals surface area contributed by atoms with E-state index in [2.05, 4.69) is 4.74 Å². The number of hydrogen-bond donors (Lipinski definition) is 1. The zero-order valence-corrected chi connectivity index (χ0v) is 12.7. The molecule has 124 valence electrons. The van der Waals surface area contributed by atoms with E-state index in [1.807, 2.05) is 0 Å². The Morgan fingerprint density at radius 3 is 2.41 bits per heavy atom. The average Bonchev–Trinajstić information content (AvgIpc) is 2.46. The predicted octanol–water partition coefficient (Wildman–Crippen LogP) is 4.34. The number of nitrogen functional groups attached to an aromatic ring is 1. The van der Waals surface area contributed by atoms with E-state index in [1.165, 1.54) is 19.2 Å². The van der Waals surface area contributed by atoms with Gasteiger partial charge in [0.1, 0.15) is 0 Å². The maximum atomic E-state index is 12.9. The molecule has 0 aliphatic carbocycles. The number of alkyl halides is 3. The number of halogens is 3. The van der Waals surface area contributed by atoms with Crippen LogP contribution in [0.1, 0.15) is 49.7 Å². The molecule has 0 aromatic heterocycles. The lowest BCUT2D eigenvalue weighted by molar-refractivity contribution is -0.141. The number of carbonyl (C=O) groups excluding carboxylic acids is 1. The second kappa shape index (κ2) is 8.66. The van der Waals surface area contributed by atoms with Crippen LogP contribution in [0.4, 0.5) is 18.9 Å². The Kier molecular flexibility index (Phi) is 7.21. The first-order valence-electron chi connectivity index (χ1n) is 7.37. The number of ether oxygens (including phenoxy) is 1. The number of benzene rings is 1. The molecule has 0 saturated heterocycles. The summed E-state index contributed by atoms with van der Waals surface area (Å²) < 4.78 is 43.3. The molecule has 1 rings (SSSR count). The van der Waals surface area contributed by atoms with E-state index in [4.69, 9.17) is 5.73 Å². The van der Waals surface area contributed by atoms with Gasteiger partial charge in [0, 0.05) is 12.1 Å². The van der Waals surface area contributed by atoms with Crippen LogP contribution in [0.25, 0.3) is 0 Å². The highest BCUT2D eigenvalue weighted by Gasteiger charge is 2.33. The molecule has 22 heavy (non-hydrogen) atoms. The highest BCUT2D eigenvalue weighted by Crippen LogP contribution is 2.34. The molecule has 0 radical (unpaired) electrons. The summed E-state index contributed by atoms with van der Waals surface area (Å²) in [4.78, 5) is 10.9. The number of rotatable bonds is 8. The Labute approximate surface area is 128 Å². The summed E-state index contributed by atoms with van der Waals surface area (Å²) in [7, 11) is 1.35. The zero-order chi connectivity index (χ0) is 16.6. The zero-order valence-electron chi connectivity index (χ0n) is 12.7. The maximum Gasteiger partial charge on any atom is 0.416 e. The van der Waals surface area contributed by atoms with Gasteiger partial charge in [-0.05, 0) is 37.0 Å². The second-order valence-electron chi connectivity index (χ2n) is 5.26. The van der Waals surface area contributed by atoms with Crippen molar-refractivity contribution in [2.45, 2.75) is 51.1 Å². The van der Waals surface area contributed by atoms with Gasteiger partial charge in [-0.2, -0.15) is 13.2 Å². The molecular formula is C16H22F3NO2. The first-order chi connectivity index (χ1) is 10.3. The van der Waals surface area contributed by atoms with Gasteiger partial charge in [-0.3, -0.25) is 4.79 Å². The number of anilines is 1. The monoisotopic (exact) mass is 317 g/mol. The van der Waals surface area contributed by atoms with Crippen LogP contribution in [-0.4, -0.2) is 13.1 Å². The van der Waals surface area contributed by atoms with Crippen molar-refractivity contribution in [1.29, 1.82) is 0 Å². The molecule has 0 unspecified atom stereocenters. The Balaban J connectivity index is 2.35. The maximum absolute atomic E-state index is 12.9. The fraction of sp³-hybridized carbons (Fsp3) is 0.562. The number of nitrogens with two attached hydrogens (primary N) is 1. The van der Waals surface area contributed by atoms with Gasteiger partial charge in [0.05, 0.1) is 12.7 Å². The highest BCUT2D eigenvalue weighted by molar-refractivity contribution is 5.68. The molecule has 0 aliphatic rings. The molecule has 0 saturated carbocycles. The van der Waals surface area contributed by atoms with Crippen LogP contribution in [0, 0.1) is 0 Å².